The van der Waals surface area contributed by atoms with Gasteiger partial charge in [-0.05, 0) is 19.9 Å². The molecule has 1 nitrogen and oxygen atoms in total. The third-order valence-electron chi connectivity index (χ3n) is 1.77. The molecule has 1 saturated heterocycles. The average molecular weight is 135 g/mol. The van der Waals surface area contributed by atoms with Crippen molar-refractivity contribution in [3.8, 4) is 0 Å². The van der Waals surface area contributed by atoms with Gasteiger partial charge in [-0.15, -0.1) is 0 Å². The number of hydrogen-bond acceptors (Lipinski definition) is 1. The highest BCUT2D eigenvalue weighted by molar-refractivity contribution is 4.83. The molecule has 0 aromatic heterocycles. The van der Waals surface area contributed by atoms with Crippen LogP contribution in [-0.2, 0) is 0 Å². The Kier molecular flexibility index (Phi) is 1.70. The van der Waals surface area contributed by atoms with Crippen molar-refractivity contribution < 1.29 is 8.78 Å². The lowest BCUT2D eigenvalue weighted by Gasteiger charge is -2.29. The standard InChI is InChI=1S/C6H11F2N/c1-5-6(7,8)3-2-4-9-5/h5,9H,2-4H2,1H3/t5-/m1/s1. The molecule has 0 aromatic carbocycles. The van der Waals surface area contributed by atoms with Crippen LogP contribution in [-0.4, -0.2) is 18.5 Å². The molecule has 0 aliphatic carbocycles. The minimum absolute atomic E-state index is 0.0428. The van der Waals surface area contributed by atoms with Gasteiger partial charge in [0.05, 0.1) is 6.04 Å². The zero-order valence-electron chi connectivity index (χ0n) is 5.45. The Morgan fingerprint density at radius 3 is 2.56 bits per heavy atom. The Morgan fingerprint density at radius 1 is 1.56 bits per heavy atom. The van der Waals surface area contributed by atoms with E-state index in [9.17, 15) is 8.78 Å². The van der Waals surface area contributed by atoms with Crippen molar-refractivity contribution in [1.29, 1.82) is 0 Å². The Bertz CT molecular complexity index is 103. The number of nitrogens with one attached hydrogen (secondary N) is 1. The van der Waals surface area contributed by atoms with Crippen LogP contribution in [0.15, 0.2) is 0 Å². The Hall–Kier alpha value is -0.180. The summed E-state index contributed by atoms with van der Waals surface area (Å²) in [6, 6.07) is -0.633. The van der Waals surface area contributed by atoms with Crippen LogP contribution < -0.4 is 5.32 Å². The lowest BCUT2D eigenvalue weighted by molar-refractivity contribution is -0.0545. The summed E-state index contributed by atoms with van der Waals surface area (Å²) in [5, 5.41) is 2.72. The summed E-state index contributed by atoms with van der Waals surface area (Å²) < 4.78 is 25.1. The van der Waals surface area contributed by atoms with Gasteiger partial charge >= 0.3 is 0 Å². The first-order chi connectivity index (χ1) is 4.13. The average Bonchev–Trinajstić information content (AvgIpc) is 1.77. The van der Waals surface area contributed by atoms with Gasteiger partial charge in [-0.25, -0.2) is 8.78 Å². The van der Waals surface area contributed by atoms with Crippen molar-refractivity contribution in [2.45, 2.75) is 31.7 Å². The Morgan fingerprint density at radius 2 is 2.22 bits per heavy atom. The van der Waals surface area contributed by atoms with Crippen LogP contribution >= 0.6 is 0 Å². The number of piperidine rings is 1. The van der Waals surface area contributed by atoms with Gasteiger partial charge in [0.15, 0.2) is 0 Å². The third-order valence-corrected chi connectivity index (χ3v) is 1.77. The maximum Gasteiger partial charge on any atom is 0.262 e. The van der Waals surface area contributed by atoms with Crippen molar-refractivity contribution in [3.05, 3.63) is 0 Å². The molecule has 3 heteroatoms. The van der Waals surface area contributed by atoms with Crippen LogP contribution in [0, 0.1) is 0 Å². The van der Waals surface area contributed by atoms with Crippen molar-refractivity contribution in [2.24, 2.45) is 0 Å². The van der Waals surface area contributed by atoms with Gasteiger partial charge in [-0.2, -0.15) is 0 Å². The number of halogens is 2. The maximum atomic E-state index is 12.5. The van der Waals surface area contributed by atoms with E-state index in [0.717, 1.165) is 6.54 Å². The SMILES string of the molecule is C[C@H]1NCCCC1(F)F. The molecule has 0 spiro atoms. The molecule has 9 heavy (non-hydrogen) atoms. The van der Waals surface area contributed by atoms with Crippen LogP contribution in [0.2, 0.25) is 0 Å². The second kappa shape index (κ2) is 2.21. The van der Waals surface area contributed by atoms with E-state index in [-0.39, 0.29) is 6.42 Å². The van der Waals surface area contributed by atoms with Gasteiger partial charge in [-0.1, -0.05) is 0 Å². The van der Waals surface area contributed by atoms with E-state index in [0.29, 0.717) is 6.42 Å². The quantitative estimate of drug-likeness (QED) is 0.529. The Balaban J connectivity index is 2.49. The minimum Gasteiger partial charge on any atom is -0.309 e. The monoisotopic (exact) mass is 135 g/mol. The van der Waals surface area contributed by atoms with Gasteiger partial charge in [0.2, 0.25) is 0 Å². The molecule has 0 unspecified atom stereocenters. The van der Waals surface area contributed by atoms with Crippen molar-refractivity contribution in [1.82, 2.24) is 5.32 Å². The number of hydrogen-bond donors (Lipinski definition) is 1. The smallest absolute Gasteiger partial charge is 0.262 e. The third kappa shape index (κ3) is 1.39. The van der Waals surface area contributed by atoms with E-state index in [2.05, 4.69) is 5.32 Å². The van der Waals surface area contributed by atoms with Gasteiger partial charge in [0, 0.05) is 6.42 Å². The second-order valence-corrected chi connectivity index (χ2v) is 2.54. The van der Waals surface area contributed by atoms with Gasteiger partial charge in [-0.3, -0.25) is 0 Å². The summed E-state index contributed by atoms with van der Waals surface area (Å²) in [6.45, 7) is 2.26. The maximum absolute atomic E-state index is 12.5. The van der Waals surface area contributed by atoms with E-state index in [1.54, 1.807) is 0 Å². The summed E-state index contributed by atoms with van der Waals surface area (Å²) in [6.07, 6.45) is 0.637. The fourth-order valence-corrected chi connectivity index (χ4v) is 1.01. The van der Waals surface area contributed by atoms with Crippen LogP contribution in [0.4, 0.5) is 8.78 Å². The first kappa shape index (κ1) is 6.93. The molecular weight excluding hydrogens is 124 g/mol. The molecule has 1 atom stereocenters. The molecule has 0 aromatic rings. The number of rotatable bonds is 0. The summed E-state index contributed by atoms with van der Waals surface area (Å²) >= 11 is 0. The van der Waals surface area contributed by atoms with E-state index >= 15 is 0 Å². The molecular formula is C6H11F2N. The largest absolute Gasteiger partial charge is 0.309 e. The highest BCUT2D eigenvalue weighted by Gasteiger charge is 2.37. The predicted octanol–water partition coefficient (Wildman–Crippen LogP) is 1.39. The number of alkyl halides is 2. The van der Waals surface area contributed by atoms with Crippen molar-refractivity contribution in [3.63, 3.8) is 0 Å². The van der Waals surface area contributed by atoms with E-state index < -0.39 is 12.0 Å². The Labute approximate surface area is 53.4 Å². The fourth-order valence-electron chi connectivity index (χ4n) is 1.01. The zero-order valence-corrected chi connectivity index (χ0v) is 5.45. The molecule has 1 aliphatic heterocycles. The van der Waals surface area contributed by atoms with E-state index in [1.165, 1.54) is 6.92 Å². The molecule has 0 amide bonds. The predicted molar refractivity (Wildman–Crippen MR) is 31.6 cm³/mol. The molecule has 0 radical (unpaired) electrons. The molecule has 1 N–H and O–H groups in total. The summed E-state index contributed by atoms with van der Waals surface area (Å²) in [4.78, 5) is 0. The molecule has 54 valence electrons. The van der Waals surface area contributed by atoms with Crippen molar-refractivity contribution in [2.75, 3.05) is 6.54 Å². The van der Waals surface area contributed by atoms with Crippen LogP contribution in [0.1, 0.15) is 19.8 Å². The van der Waals surface area contributed by atoms with E-state index in [1.807, 2.05) is 0 Å². The molecule has 1 heterocycles. The first-order valence-corrected chi connectivity index (χ1v) is 3.24. The van der Waals surface area contributed by atoms with Gasteiger partial charge in [0.1, 0.15) is 0 Å². The molecule has 1 aliphatic rings. The van der Waals surface area contributed by atoms with Crippen LogP contribution in [0.3, 0.4) is 0 Å². The molecule has 1 rings (SSSR count). The summed E-state index contributed by atoms with van der Waals surface area (Å²) in [5.74, 6) is -2.47. The molecule has 1 fully saturated rings. The summed E-state index contributed by atoms with van der Waals surface area (Å²) in [7, 11) is 0. The zero-order chi connectivity index (χ0) is 6.91. The van der Waals surface area contributed by atoms with E-state index in [4.69, 9.17) is 0 Å². The topological polar surface area (TPSA) is 12.0 Å². The van der Waals surface area contributed by atoms with Gasteiger partial charge < -0.3 is 5.32 Å². The normalized spacial score (nSPS) is 34.3. The molecule has 0 bridgehead atoms. The van der Waals surface area contributed by atoms with Crippen LogP contribution in [0.25, 0.3) is 0 Å². The van der Waals surface area contributed by atoms with Crippen LogP contribution in [0.5, 0.6) is 0 Å². The highest BCUT2D eigenvalue weighted by atomic mass is 19.3. The lowest BCUT2D eigenvalue weighted by atomic mass is 10.0. The molecule has 0 saturated carbocycles. The second-order valence-electron chi connectivity index (χ2n) is 2.54. The highest BCUT2D eigenvalue weighted by Crippen LogP contribution is 2.26. The van der Waals surface area contributed by atoms with Crippen molar-refractivity contribution >= 4 is 0 Å². The fraction of sp³-hybridized carbons (Fsp3) is 1.00. The van der Waals surface area contributed by atoms with Gasteiger partial charge in [0.25, 0.3) is 5.92 Å². The summed E-state index contributed by atoms with van der Waals surface area (Å²) in [5.41, 5.74) is 0. The first-order valence-electron chi connectivity index (χ1n) is 3.24. The lowest BCUT2D eigenvalue weighted by Crippen LogP contribution is -2.47. The minimum atomic E-state index is -2.47.